The van der Waals surface area contributed by atoms with Crippen LogP contribution in [0, 0.1) is 13.8 Å². The van der Waals surface area contributed by atoms with Crippen molar-refractivity contribution in [1.29, 1.82) is 0 Å². The Kier molecular flexibility index (Phi) is 6.78. The third-order valence-corrected chi connectivity index (χ3v) is 6.18. The number of anilines is 1. The molecule has 11 heteroatoms. The smallest absolute Gasteiger partial charge is 0.377 e. The second kappa shape index (κ2) is 9.53. The van der Waals surface area contributed by atoms with E-state index in [0.717, 1.165) is 6.07 Å². The Morgan fingerprint density at radius 3 is 2.47 bits per heavy atom. The number of amides is 1. The number of aromatic nitrogens is 3. The highest BCUT2D eigenvalue weighted by molar-refractivity contribution is 5.93. The first-order valence-electron chi connectivity index (χ1n) is 11.6. The molecule has 0 spiro atoms. The molecule has 1 aliphatic rings. The first-order chi connectivity index (χ1) is 16.8. The summed E-state index contributed by atoms with van der Waals surface area (Å²) in [7, 11) is 0. The monoisotopic (exact) mass is 503 g/mol. The number of aromatic amines is 1. The first-order valence-corrected chi connectivity index (χ1v) is 11.6. The zero-order chi connectivity index (χ0) is 26.4. The number of carbonyl (C=O) groups is 1. The summed E-state index contributed by atoms with van der Waals surface area (Å²) < 4.78 is 47.4. The molecule has 1 aliphatic heterocycles. The molecule has 3 atom stereocenters. The number of rotatable bonds is 4. The molecule has 0 bridgehead atoms. The van der Waals surface area contributed by atoms with Crippen molar-refractivity contribution in [3.63, 3.8) is 0 Å². The Morgan fingerprint density at radius 1 is 1.19 bits per heavy atom. The van der Waals surface area contributed by atoms with Crippen LogP contribution in [0.5, 0.6) is 0 Å². The number of alkyl halides is 3. The standard InChI is InChI=1S/C25H28F3N5O3/c1-12-6-21(24(35)33-10-13(2)36-14(3)11-33)29-9-22(12)30-15(4)17-7-18-20(8-19(17)25(26,27)28)31-16(5)32-23(18)34/h6-9,13-15,30H,10-11H2,1-5H3,(H,31,32,34)/t13-,14+,15-/m0/s1. The topological polar surface area (TPSA) is 100 Å². The van der Waals surface area contributed by atoms with Gasteiger partial charge in [-0.3, -0.25) is 9.59 Å². The van der Waals surface area contributed by atoms with Gasteiger partial charge >= 0.3 is 6.18 Å². The Hall–Kier alpha value is -3.47. The molecule has 2 N–H and O–H groups in total. The highest BCUT2D eigenvalue weighted by Crippen LogP contribution is 2.37. The lowest BCUT2D eigenvalue weighted by molar-refractivity contribution is -0.138. The lowest BCUT2D eigenvalue weighted by atomic mass is 9.98. The molecule has 192 valence electrons. The molecule has 1 aromatic carbocycles. The van der Waals surface area contributed by atoms with E-state index in [1.165, 1.54) is 19.2 Å². The Bertz CT molecular complexity index is 1360. The maximum atomic E-state index is 13.9. The summed E-state index contributed by atoms with van der Waals surface area (Å²) in [4.78, 5) is 37.9. The van der Waals surface area contributed by atoms with Gasteiger partial charge in [-0.1, -0.05) is 0 Å². The summed E-state index contributed by atoms with van der Waals surface area (Å²) in [5.74, 6) is 0.00693. The molecule has 0 saturated carbocycles. The number of H-pyrrole nitrogens is 1. The number of nitrogens with zero attached hydrogens (tertiary/aromatic N) is 3. The average Bonchev–Trinajstić information content (AvgIpc) is 2.77. The number of aryl methyl sites for hydroxylation is 2. The van der Waals surface area contributed by atoms with Gasteiger partial charge < -0.3 is 19.9 Å². The van der Waals surface area contributed by atoms with E-state index in [1.54, 1.807) is 24.8 Å². The Labute approximate surface area is 205 Å². The molecule has 2 aromatic heterocycles. The molecule has 1 saturated heterocycles. The normalized spacial score (nSPS) is 19.4. The van der Waals surface area contributed by atoms with Crippen LogP contribution < -0.4 is 10.9 Å². The Balaban J connectivity index is 1.63. The van der Waals surface area contributed by atoms with Gasteiger partial charge in [-0.05, 0) is 63.9 Å². The van der Waals surface area contributed by atoms with Crippen molar-refractivity contribution in [1.82, 2.24) is 19.9 Å². The summed E-state index contributed by atoms with van der Waals surface area (Å²) in [6, 6.07) is 2.92. The molecule has 36 heavy (non-hydrogen) atoms. The number of ether oxygens (including phenoxy) is 1. The van der Waals surface area contributed by atoms with Crippen LogP contribution in [0.3, 0.4) is 0 Å². The molecule has 1 amide bonds. The number of morpholine rings is 1. The molecule has 3 aromatic rings. The van der Waals surface area contributed by atoms with Gasteiger partial charge in [0.15, 0.2) is 0 Å². The van der Waals surface area contributed by atoms with Crippen LogP contribution in [-0.2, 0) is 10.9 Å². The Morgan fingerprint density at radius 2 is 1.86 bits per heavy atom. The minimum Gasteiger partial charge on any atom is -0.377 e. The number of hydrogen-bond donors (Lipinski definition) is 2. The lowest BCUT2D eigenvalue weighted by Gasteiger charge is -2.35. The number of pyridine rings is 1. The molecule has 3 heterocycles. The first kappa shape index (κ1) is 25.6. The largest absolute Gasteiger partial charge is 0.416 e. The van der Waals surface area contributed by atoms with E-state index in [9.17, 15) is 22.8 Å². The fourth-order valence-corrected chi connectivity index (χ4v) is 4.56. The molecule has 0 radical (unpaired) electrons. The summed E-state index contributed by atoms with van der Waals surface area (Å²) >= 11 is 0. The van der Waals surface area contributed by atoms with Crippen molar-refractivity contribution < 1.29 is 22.7 Å². The number of halogens is 3. The predicted octanol–water partition coefficient (Wildman–Crippen LogP) is 4.38. The van der Waals surface area contributed by atoms with Crippen LogP contribution in [0.2, 0.25) is 0 Å². The molecule has 8 nitrogen and oxygen atoms in total. The van der Waals surface area contributed by atoms with Gasteiger partial charge in [-0.2, -0.15) is 13.2 Å². The number of hydrogen-bond acceptors (Lipinski definition) is 6. The molecule has 4 rings (SSSR count). The zero-order valence-corrected chi connectivity index (χ0v) is 20.7. The highest BCUT2D eigenvalue weighted by atomic mass is 19.4. The van der Waals surface area contributed by atoms with Crippen molar-refractivity contribution in [3.8, 4) is 0 Å². The van der Waals surface area contributed by atoms with E-state index in [2.05, 4.69) is 20.3 Å². The van der Waals surface area contributed by atoms with Crippen molar-refractivity contribution >= 4 is 22.5 Å². The van der Waals surface area contributed by atoms with Crippen LogP contribution in [-0.4, -0.2) is 51.1 Å². The van der Waals surface area contributed by atoms with Crippen molar-refractivity contribution in [2.45, 2.75) is 59.0 Å². The average molecular weight is 504 g/mol. The molecular weight excluding hydrogens is 475 g/mol. The molecular formula is C25H28F3N5O3. The highest BCUT2D eigenvalue weighted by Gasteiger charge is 2.35. The predicted molar refractivity (Wildman–Crippen MR) is 129 cm³/mol. The van der Waals surface area contributed by atoms with Gasteiger partial charge in [-0.25, -0.2) is 9.97 Å². The fourth-order valence-electron chi connectivity index (χ4n) is 4.56. The summed E-state index contributed by atoms with van der Waals surface area (Å²) in [5.41, 5.74) is -0.116. The van der Waals surface area contributed by atoms with E-state index in [0.29, 0.717) is 24.3 Å². The maximum absolute atomic E-state index is 13.9. The number of nitrogens with one attached hydrogen (secondary N) is 2. The minimum atomic E-state index is -4.65. The van der Waals surface area contributed by atoms with Crippen molar-refractivity contribution in [3.05, 3.63) is 63.0 Å². The van der Waals surface area contributed by atoms with E-state index in [-0.39, 0.29) is 46.1 Å². The second-order valence-electron chi connectivity index (χ2n) is 9.32. The molecule has 1 fully saturated rings. The van der Waals surface area contributed by atoms with Gasteiger partial charge in [0.25, 0.3) is 11.5 Å². The second-order valence-corrected chi connectivity index (χ2v) is 9.32. The van der Waals surface area contributed by atoms with E-state index in [4.69, 9.17) is 4.74 Å². The van der Waals surface area contributed by atoms with Gasteiger partial charge in [0.05, 0.1) is 40.6 Å². The van der Waals surface area contributed by atoms with Crippen molar-refractivity contribution in [2.24, 2.45) is 0 Å². The number of carbonyl (C=O) groups excluding carboxylic acids is 1. The van der Waals surface area contributed by atoms with Gasteiger partial charge in [-0.15, -0.1) is 0 Å². The lowest BCUT2D eigenvalue weighted by Crippen LogP contribution is -2.48. The van der Waals surface area contributed by atoms with E-state index >= 15 is 0 Å². The van der Waals surface area contributed by atoms with Crippen LogP contribution in [0.25, 0.3) is 10.9 Å². The summed E-state index contributed by atoms with van der Waals surface area (Å²) in [6.07, 6.45) is -3.38. The van der Waals surface area contributed by atoms with Gasteiger partial charge in [0, 0.05) is 19.1 Å². The van der Waals surface area contributed by atoms with Crippen molar-refractivity contribution in [2.75, 3.05) is 18.4 Å². The van der Waals surface area contributed by atoms with Crippen LogP contribution in [0.1, 0.15) is 59.8 Å². The maximum Gasteiger partial charge on any atom is 0.416 e. The fraction of sp³-hybridized carbons (Fsp3) is 0.440. The zero-order valence-electron chi connectivity index (χ0n) is 20.7. The third kappa shape index (κ3) is 5.20. The van der Waals surface area contributed by atoms with Crippen LogP contribution in [0.4, 0.5) is 18.9 Å². The SMILES string of the molecule is Cc1nc2cc(C(F)(F)F)c([C@H](C)Nc3cnc(C(=O)N4C[C@@H](C)O[C@@H](C)C4)cc3C)cc2c(=O)[nH]1. The van der Waals surface area contributed by atoms with Crippen LogP contribution >= 0.6 is 0 Å². The summed E-state index contributed by atoms with van der Waals surface area (Å²) in [5, 5.41) is 3.13. The minimum absolute atomic E-state index is 0.0213. The van der Waals surface area contributed by atoms with Gasteiger partial charge in [0.2, 0.25) is 0 Å². The van der Waals surface area contributed by atoms with Gasteiger partial charge in [0.1, 0.15) is 11.5 Å². The van der Waals surface area contributed by atoms with Crippen LogP contribution in [0.15, 0.2) is 29.2 Å². The molecule has 0 aliphatic carbocycles. The quantitative estimate of drug-likeness (QED) is 0.548. The molecule has 0 unspecified atom stereocenters. The number of fused-ring (bicyclic) bond motifs is 1. The van der Waals surface area contributed by atoms with E-state index in [1.807, 2.05) is 13.8 Å². The third-order valence-electron chi connectivity index (χ3n) is 6.18. The summed E-state index contributed by atoms with van der Waals surface area (Å²) in [6.45, 7) is 9.54. The van der Waals surface area contributed by atoms with E-state index < -0.39 is 23.3 Å². The number of benzene rings is 1.